The highest BCUT2D eigenvalue weighted by atomic mass is 19.4. The summed E-state index contributed by atoms with van der Waals surface area (Å²) in [4.78, 5) is 4.29. The summed E-state index contributed by atoms with van der Waals surface area (Å²) in [6, 6.07) is 2.56. The van der Waals surface area contributed by atoms with Crippen molar-refractivity contribution in [2.24, 2.45) is 5.90 Å². The average molecular weight is 237 g/mol. The SMILES string of the molecule is CC(CON)c1ccc(F)cc1C(F)(F)F. The average Bonchev–Trinajstić information content (AvgIpc) is 2.16. The van der Waals surface area contributed by atoms with Crippen LogP contribution in [-0.2, 0) is 11.0 Å². The van der Waals surface area contributed by atoms with Crippen molar-refractivity contribution in [3.63, 3.8) is 0 Å². The van der Waals surface area contributed by atoms with E-state index >= 15 is 0 Å². The molecule has 1 unspecified atom stereocenters. The minimum atomic E-state index is -4.58. The molecule has 0 fully saturated rings. The van der Waals surface area contributed by atoms with Gasteiger partial charge in [0.25, 0.3) is 0 Å². The standard InChI is InChI=1S/C10H11F4NO/c1-6(5-16-15)8-3-2-7(11)4-9(8)10(12,13)14/h2-4,6H,5,15H2,1H3. The Balaban J connectivity index is 3.18. The topological polar surface area (TPSA) is 35.2 Å². The summed E-state index contributed by atoms with van der Waals surface area (Å²) in [6.07, 6.45) is -4.58. The Bertz CT molecular complexity index is 364. The van der Waals surface area contributed by atoms with Gasteiger partial charge in [-0.25, -0.2) is 10.3 Å². The van der Waals surface area contributed by atoms with Gasteiger partial charge in [-0.05, 0) is 17.7 Å². The summed E-state index contributed by atoms with van der Waals surface area (Å²) >= 11 is 0. The Morgan fingerprint density at radius 1 is 1.38 bits per heavy atom. The van der Waals surface area contributed by atoms with Crippen molar-refractivity contribution in [2.45, 2.75) is 19.0 Å². The first-order valence-corrected chi connectivity index (χ1v) is 4.54. The van der Waals surface area contributed by atoms with Crippen LogP contribution in [0.2, 0.25) is 0 Å². The van der Waals surface area contributed by atoms with E-state index in [4.69, 9.17) is 5.90 Å². The predicted molar refractivity (Wildman–Crippen MR) is 50.0 cm³/mol. The van der Waals surface area contributed by atoms with E-state index < -0.39 is 23.5 Å². The molecule has 1 rings (SSSR count). The quantitative estimate of drug-likeness (QED) is 0.648. The van der Waals surface area contributed by atoms with Gasteiger partial charge in [-0.2, -0.15) is 13.2 Å². The molecule has 0 aliphatic carbocycles. The normalized spacial score (nSPS) is 13.9. The fourth-order valence-corrected chi connectivity index (χ4v) is 1.44. The van der Waals surface area contributed by atoms with Crippen LogP contribution in [0.5, 0.6) is 0 Å². The van der Waals surface area contributed by atoms with Crippen LogP contribution in [-0.4, -0.2) is 6.61 Å². The van der Waals surface area contributed by atoms with E-state index in [1.54, 1.807) is 0 Å². The Morgan fingerprint density at radius 3 is 2.50 bits per heavy atom. The predicted octanol–water partition coefficient (Wildman–Crippen LogP) is 2.84. The summed E-state index contributed by atoms with van der Waals surface area (Å²) in [5.74, 6) is 3.33. The van der Waals surface area contributed by atoms with E-state index in [0.717, 1.165) is 12.1 Å². The van der Waals surface area contributed by atoms with Crippen molar-refractivity contribution in [3.05, 3.63) is 35.1 Å². The third kappa shape index (κ3) is 2.93. The number of benzene rings is 1. The molecule has 0 radical (unpaired) electrons. The molecule has 0 bridgehead atoms. The first-order chi connectivity index (χ1) is 7.36. The van der Waals surface area contributed by atoms with Crippen LogP contribution in [0.25, 0.3) is 0 Å². The number of hydrogen-bond donors (Lipinski definition) is 1. The van der Waals surface area contributed by atoms with E-state index in [-0.39, 0.29) is 12.2 Å². The molecule has 0 saturated heterocycles. The molecule has 1 aromatic carbocycles. The summed E-state index contributed by atoms with van der Waals surface area (Å²) in [6.45, 7) is 1.46. The number of rotatable bonds is 3. The third-order valence-electron chi connectivity index (χ3n) is 2.20. The van der Waals surface area contributed by atoms with Gasteiger partial charge in [0.05, 0.1) is 12.2 Å². The Kier molecular flexibility index (Phi) is 3.88. The first-order valence-electron chi connectivity index (χ1n) is 4.54. The van der Waals surface area contributed by atoms with Crippen LogP contribution in [0.3, 0.4) is 0 Å². The van der Waals surface area contributed by atoms with Crippen molar-refractivity contribution < 1.29 is 22.4 Å². The van der Waals surface area contributed by atoms with Gasteiger partial charge in [-0.3, -0.25) is 0 Å². The lowest BCUT2D eigenvalue weighted by atomic mass is 9.96. The molecular weight excluding hydrogens is 226 g/mol. The lowest BCUT2D eigenvalue weighted by Crippen LogP contribution is -2.15. The molecule has 6 heteroatoms. The summed E-state index contributed by atoms with van der Waals surface area (Å²) < 4.78 is 50.5. The number of halogens is 4. The van der Waals surface area contributed by atoms with Gasteiger partial charge in [0.1, 0.15) is 5.82 Å². The molecule has 1 atom stereocenters. The van der Waals surface area contributed by atoms with Crippen molar-refractivity contribution in [1.82, 2.24) is 0 Å². The summed E-state index contributed by atoms with van der Waals surface area (Å²) in [5, 5.41) is 0. The molecule has 2 N–H and O–H groups in total. The van der Waals surface area contributed by atoms with Crippen molar-refractivity contribution in [1.29, 1.82) is 0 Å². The minimum absolute atomic E-state index is 0.0284. The van der Waals surface area contributed by atoms with E-state index in [0.29, 0.717) is 6.07 Å². The molecule has 2 nitrogen and oxygen atoms in total. The number of alkyl halides is 3. The second-order valence-electron chi connectivity index (χ2n) is 3.46. The highest BCUT2D eigenvalue weighted by Gasteiger charge is 2.34. The van der Waals surface area contributed by atoms with Crippen LogP contribution in [0.15, 0.2) is 18.2 Å². The molecule has 90 valence electrons. The monoisotopic (exact) mass is 237 g/mol. The second kappa shape index (κ2) is 4.80. The van der Waals surface area contributed by atoms with Crippen molar-refractivity contribution in [3.8, 4) is 0 Å². The zero-order valence-electron chi connectivity index (χ0n) is 8.51. The maximum Gasteiger partial charge on any atom is 0.416 e. The van der Waals surface area contributed by atoms with Gasteiger partial charge in [0.15, 0.2) is 0 Å². The fraction of sp³-hybridized carbons (Fsp3) is 0.400. The molecule has 0 saturated carbocycles. The Hall–Kier alpha value is -1.14. The van der Waals surface area contributed by atoms with Crippen LogP contribution in [0.1, 0.15) is 24.0 Å². The second-order valence-corrected chi connectivity index (χ2v) is 3.46. The molecule has 0 aliphatic heterocycles. The molecule has 0 aliphatic rings. The molecule has 0 amide bonds. The maximum absolute atomic E-state index is 12.8. The molecule has 0 aromatic heterocycles. The Labute approximate surface area is 90.0 Å². The smallest absolute Gasteiger partial charge is 0.304 e. The van der Waals surface area contributed by atoms with E-state index in [9.17, 15) is 17.6 Å². The van der Waals surface area contributed by atoms with Gasteiger partial charge in [0, 0.05) is 5.92 Å². The molecule has 16 heavy (non-hydrogen) atoms. The van der Waals surface area contributed by atoms with Gasteiger partial charge in [-0.15, -0.1) is 0 Å². The van der Waals surface area contributed by atoms with Gasteiger partial charge in [0.2, 0.25) is 0 Å². The lowest BCUT2D eigenvalue weighted by molar-refractivity contribution is -0.138. The van der Waals surface area contributed by atoms with Gasteiger partial charge < -0.3 is 4.84 Å². The van der Waals surface area contributed by atoms with Crippen LogP contribution < -0.4 is 5.90 Å². The zero-order chi connectivity index (χ0) is 12.3. The first kappa shape index (κ1) is 12.9. The molecule has 0 spiro atoms. The fourth-order valence-electron chi connectivity index (χ4n) is 1.44. The maximum atomic E-state index is 12.8. The number of nitrogens with two attached hydrogens (primary N) is 1. The highest BCUT2D eigenvalue weighted by molar-refractivity contribution is 5.33. The lowest BCUT2D eigenvalue weighted by Gasteiger charge is -2.17. The van der Waals surface area contributed by atoms with Crippen LogP contribution >= 0.6 is 0 Å². The largest absolute Gasteiger partial charge is 0.416 e. The van der Waals surface area contributed by atoms with E-state index in [2.05, 4.69) is 4.84 Å². The molecule has 0 heterocycles. The molecule has 1 aromatic rings. The van der Waals surface area contributed by atoms with Crippen molar-refractivity contribution in [2.75, 3.05) is 6.61 Å². The van der Waals surface area contributed by atoms with Gasteiger partial charge in [-0.1, -0.05) is 13.0 Å². The Morgan fingerprint density at radius 2 is 2.00 bits per heavy atom. The van der Waals surface area contributed by atoms with E-state index in [1.165, 1.54) is 6.92 Å². The van der Waals surface area contributed by atoms with Crippen molar-refractivity contribution >= 4 is 0 Å². The van der Waals surface area contributed by atoms with Crippen LogP contribution in [0, 0.1) is 5.82 Å². The zero-order valence-corrected chi connectivity index (χ0v) is 8.51. The van der Waals surface area contributed by atoms with E-state index in [1.807, 2.05) is 0 Å². The summed E-state index contributed by atoms with van der Waals surface area (Å²) in [5.41, 5.74) is -1.02. The third-order valence-corrected chi connectivity index (χ3v) is 2.20. The molecular formula is C10H11F4NO. The van der Waals surface area contributed by atoms with Gasteiger partial charge >= 0.3 is 6.18 Å². The minimum Gasteiger partial charge on any atom is -0.304 e. The highest BCUT2D eigenvalue weighted by Crippen LogP contribution is 2.35. The van der Waals surface area contributed by atoms with Crippen LogP contribution in [0.4, 0.5) is 17.6 Å². The number of hydrogen-bond acceptors (Lipinski definition) is 2. The summed E-state index contributed by atoms with van der Waals surface area (Å²) in [7, 11) is 0.